The Kier molecular flexibility index (Phi) is 13.7. The van der Waals surface area contributed by atoms with Crippen LogP contribution in [0.5, 0.6) is 0 Å². The fourth-order valence-electron chi connectivity index (χ4n) is 6.22. The van der Waals surface area contributed by atoms with Gasteiger partial charge in [0.15, 0.2) is 0 Å². The average Bonchev–Trinajstić information content (AvgIpc) is 3.88. The Hall–Kier alpha value is -3.66. The van der Waals surface area contributed by atoms with Crippen LogP contribution in [0.1, 0.15) is 22.6 Å². The van der Waals surface area contributed by atoms with Crippen molar-refractivity contribution in [3.8, 4) is 44.9 Å². The molecule has 0 saturated heterocycles. The van der Waals surface area contributed by atoms with Gasteiger partial charge < -0.3 is 33.6 Å². The average molecular weight is 791 g/mol. The zero-order valence-corrected chi connectivity index (χ0v) is 34.2. The van der Waals surface area contributed by atoms with Crippen molar-refractivity contribution in [3.05, 3.63) is 156 Å². The van der Waals surface area contributed by atoms with Crippen LogP contribution >= 0.6 is 0 Å². The van der Waals surface area contributed by atoms with Gasteiger partial charge in [-0.05, 0) is 74.2 Å². The number of benzene rings is 4. The first kappa shape index (κ1) is 39.1. The summed E-state index contributed by atoms with van der Waals surface area (Å²) < 4.78 is 11.5. The zero-order valence-electron chi connectivity index (χ0n) is 29.3. The predicted molar refractivity (Wildman–Crippen MR) is 202 cm³/mol. The summed E-state index contributed by atoms with van der Waals surface area (Å²) in [4.78, 5) is 0. The van der Waals surface area contributed by atoms with Crippen LogP contribution in [0.25, 0.3) is 66.4 Å². The molecule has 6 aromatic carbocycles. The molecule has 2 heterocycles. The van der Waals surface area contributed by atoms with E-state index in [-0.39, 0.29) is 30.2 Å². The molecule has 2 aromatic heterocycles. The summed E-state index contributed by atoms with van der Waals surface area (Å²) in [5.41, 5.74) is 10.2. The van der Waals surface area contributed by atoms with E-state index in [2.05, 4.69) is 136 Å². The largest absolute Gasteiger partial charge is 1.00 e. The van der Waals surface area contributed by atoms with Crippen LogP contribution in [-0.4, -0.2) is 5.43 Å². The molecule has 2 nitrogen and oxygen atoms in total. The van der Waals surface area contributed by atoms with Crippen LogP contribution in [0.2, 0.25) is 13.1 Å². The third-order valence-electron chi connectivity index (χ3n) is 8.37. The van der Waals surface area contributed by atoms with Crippen molar-refractivity contribution in [3.63, 3.8) is 0 Å². The quantitative estimate of drug-likeness (QED) is 0.142. The van der Waals surface area contributed by atoms with Gasteiger partial charge >= 0.3 is 41.9 Å². The molecule has 0 fully saturated rings. The molecular weight excluding hydrogens is 751 g/mol. The maximum atomic E-state index is 5.77. The van der Waals surface area contributed by atoms with Gasteiger partial charge in [0.2, 0.25) is 0 Å². The molecule has 0 amide bonds. The molecule has 0 N–H and O–H groups in total. The molecule has 0 bridgehead atoms. The predicted octanol–water partition coefficient (Wildman–Crippen LogP) is 7.00. The molecule has 0 saturated carbocycles. The number of halogens is 2. The van der Waals surface area contributed by atoms with E-state index in [1.165, 1.54) is 54.9 Å². The van der Waals surface area contributed by atoms with Gasteiger partial charge in [0.1, 0.15) is 0 Å². The Morgan fingerprint density at radius 2 is 0.860 bits per heavy atom. The van der Waals surface area contributed by atoms with Gasteiger partial charge in [-0.2, -0.15) is 0 Å². The van der Waals surface area contributed by atoms with E-state index in [0.717, 1.165) is 34.2 Å². The van der Waals surface area contributed by atoms with Crippen LogP contribution < -0.4 is 24.8 Å². The van der Waals surface area contributed by atoms with E-state index in [4.69, 9.17) is 8.83 Å². The Bertz CT molecular complexity index is 2160. The third-order valence-corrected chi connectivity index (χ3v) is 8.37. The van der Waals surface area contributed by atoms with Crippen molar-refractivity contribution >= 4 is 27.0 Å². The first-order valence-electron chi connectivity index (χ1n) is 16.3. The van der Waals surface area contributed by atoms with Crippen molar-refractivity contribution in [2.24, 2.45) is 0 Å². The summed E-state index contributed by atoms with van der Waals surface area (Å²) in [5, 5.41) is 5.09. The fraction of sp³-hybridized carbons (Fsp3) is 0.136. The third kappa shape index (κ3) is 8.97. The number of hydrogen-bond acceptors (Lipinski definition) is 2. The van der Waals surface area contributed by atoms with E-state index >= 15 is 0 Å². The minimum absolute atomic E-state index is 0. The molecule has 252 valence electrons. The van der Waals surface area contributed by atoms with E-state index in [1.807, 2.05) is 38.1 Å². The summed E-state index contributed by atoms with van der Waals surface area (Å²) in [6.07, 6.45) is 0. The minimum atomic E-state index is 0. The van der Waals surface area contributed by atoms with Crippen LogP contribution in [0, 0.1) is 27.7 Å². The molecule has 0 atom stereocenters. The Labute approximate surface area is 323 Å². The summed E-state index contributed by atoms with van der Waals surface area (Å²) in [6.45, 7) is 12.9. The maximum Gasteiger partial charge on any atom is 0.0896 e. The summed E-state index contributed by atoms with van der Waals surface area (Å²) >= 11 is 1.74. The van der Waals surface area contributed by atoms with Crippen LogP contribution in [0.4, 0.5) is 0 Å². The van der Waals surface area contributed by atoms with Crippen molar-refractivity contribution < 1.29 is 57.0 Å². The molecule has 50 heavy (non-hydrogen) atoms. The van der Waals surface area contributed by atoms with E-state index in [1.54, 1.807) is 23.3 Å². The fourth-order valence-corrected chi connectivity index (χ4v) is 6.22. The first-order chi connectivity index (χ1) is 23.2. The van der Waals surface area contributed by atoms with E-state index < -0.39 is 0 Å². The van der Waals surface area contributed by atoms with Crippen LogP contribution in [0.3, 0.4) is 0 Å². The Balaban J connectivity index is 0.000000196. The van der Waals surface area contributed by atoms with Gasteiger partial charge in [-0.1, -0.05) is 95.1 Å². The molecular formula is C44H40Cl2O2SiZr-2. The van der Waals surface area contributed by atoms with Crippen molar-refractivity contribution in [2.75, 3.05) is 0 Å². The van der Waals surface area contributed by atoms with E-state index in [0.29, 0.717) is 0 Å². The molecule has 0 spiro atoms. The number of fused-ring (bicyclic) bond motifs is 2. The van der Waals surface area contributed by atoms with Gasteiger partial charge in [0, 0.05) is 0 Å². The SMILES string of the molecule is C[Si](C)=[Zr+2].Cc1ccc(-c2cc3c(-c4ccccc4)c(C)ccc3[cH-]2)o1.Cc1ccc(-c2cc3c(-c4ccccc4)c(C)ccc3[cH-]2)o1.[Cl-].[Cl-]. The van der Waals surface area contributed by atoms with Crippen LogP contribution in [0.15, 0.2) is 142 Å². The first-order valence-corrected chi connectivity index (χ1v) is 22.5. The summed E-state index contributed by atoms with van der Waals surface area (Å²) in [6, 6.07) is 46.9. The molecule has 0 unspecified atom stereocenters. The molecule has 8 aromatic rings. The van der Waals surface area contributed by atoms with Gasteiger partial charge in [-0.3, -0.25) is 0 Å². The Morgan fingerprint density at radius 3 is 1.18 bits per heavy atom. The van der Waals surface area contributed by atoms with Gasteiger partial charge in [-0.25, -0.2) is 0 Å². The summed E-state index contributed by atoms with van der Waals surface area (Å²) in [7, 11) is 0. The number of aryl methyl sites for hydroxylation is 4. The van der Waals surface area contributed by atoms with Gasteiger partial charge in [-0.15, -0.1) is 57.9 Å². The second-order valence-corrected chi connectivity index (χ2v) is 21.9. The molecule has 0 aliphatic carbocycles. The smallest absolute Gasteiger partial charge is 0.0896 e. The molecule has 0 aliphatic heterocycles. The van der Waals surface area contributed by atoms with Crippen molar-refractivity contribution in [1.82, 2.24) is 0 Å². The number of furan rings is 2. The topological polar surface area (TPSA) is 26.3 Å². The Morgan fingerprint density at radius 1 is 0.500 bits per heavy atom. The molecule has 8 rings (SSSR count). The van der Waals surface area contributed by atoms with Gasteiger partial charge in [0.05, 0.1) is 23.0 Å². The monoisotopic (exact) mass is 788 g/mol. The van der Waals surface area contributed by atoms with Crippen LogP contribution in [-0.2, 0) is 23.3 Å². The maximum absolute atomic E-state index is 5.77. The summed E-state index contributed by atoms with van der Waals surface area (Å²) in [5.74, 6) is 3.76. The normalized spacial score (nSPS) is 10.4. The number of rotatable bonds is 4. The molecule has 0 radical (unpaired) electrons. The van der Waals surface area contributed by atoms with Gasteiger partial charge in [0.25, 0.3) is 0 Å². The van der Waals surface area contributed by atoms with Crippen molar-refractivity contribution in [1.29, 1.82) is 0 Å². The van der Waals surface area contributed by atoms with Crippen molar-refractivity contribution in [2.45, 2.75) is 40.8 Å². The second-order valence-electron chi connectivity index (χ2n) is 12.6. The molecule has 0 aliphatic rings. The zero-order chi connectivity index (χ0) is 33.8. The van der Waals surface area contributed by atoms with E-state index in [9.17, 15) is 0 Å². The minimum Gasteiger partial charge on any atom is -1.00 e. The second kappa shape index (κ2) is 17.5. The molecule has 6 heteroatoms. The number of hydrogen-bond donors (Lipinski definition) is 0. The standard InChI is InChI=1S/2C21H17O.C2H6Si.2ClH.Zr/c2*1-14-8-10-17-12-18(20-11-9-15(2)22-20)13-19(17)21(14)16-6-4-3-5-7-16;1-3-2;;;/h2*3-13H,1-2H3;1-2H3;2*1H;/q2*-1;;;;+2/p-2.